The van der Waals surface area contributed by atoms with Crippen LogP contribution in [0.3, 0.4) is 0 Å². The van der Waals surface area contributed by atoms with Crippen LogP contribution in [-0.4, -0.2) is 36.7 Å². The molecule has 0 aromatic heterocycles. The fourth-order valence-corrected chi connectivity index (χ4v) is 3.75. The van der Waals surface area contributed by atoms with E-state index >= 15 is 0 Å². The molecule has 7 nitrogen and oxygen atoms in total. The fraction of sp³-hybridized carbons (Fsp3) is 0.241. The average molecular weight is 487 g/mol. The number of ether oxygens (including phenoxy) is 1. The van der Waals surface area contributed by atoms with Gasteiger partial charge in [-0.15, -0.1) is 0 Å². The van der Waals surface area contributed by atoms with Gasteiger partial charge in [-0.3, -0.25) is 14.4 Å². The first kappa shape index (κ1) is 26.3. The SMILES string of the molecule is COC(=O)[C@H](Cc1ccc(C(=O)c2ccccc2)cc1)NC(=O)CCC(=O)N[C@H](C)c1ccccc1. The van der Waals surface area contributed by atoms with E-state index in [0.717, 1.165) is 11.1 Å². The Balaban J connectivity index is 1.53. The van der Waals surface area contributed by atoms with Crippen LogP contribution in [0.2, 0.25) is 0 Å². The van der Waals surface area contributed by atoms with Gasteiger partial charge >= 0.3 is 5.97 Å². The highest BCUT2D eigenvalue weighted by Gasteiger charge is 2.23. The highest BCUT2D eigenvalue weighted by Crippen LogP contribution is 2.14. The van der Waals surface area contributed by atoms with Crippen LogP contribution in [0.25, 0.3) is 0 Å². The molecule has 0 aliphatic carbocycles. The first-order valence-corrected chi connectivity index (χ1v) is 11.8. The lowest BCUT2D eigenvalue weighted by Crippen LogP contribution is -2.43. The van der Waals surface area contributed by atoms with Crippen molar-refractivity contribution in [1.29, 1.82) is 0 Å². The minimum atomic E-state index is -0.913. The normalized spacial score (nSPS) is 12.2. The summed E-state index contributed by atoms with van der Waals surface area (Å²) in [7, 11) is 1.25. The van der Waals surface area contributed by atoms with Crippen molar-refractivity contribution in [3.63, 3.8) is 0 Å². The second kappa shape index (κ2) is 13.0. The molecular formula is C29H30N2O5. The highest BCUT2D eigenvalue weighted by atomic mass is 16.5. The molecule has 0 aliphatic heterocycles. The highest BCUT2D eigenvalue weighted by molar-refractivity contribution is 6.08. The van der Waals surface area contributed by atoms with E-state index < -0.39 is 17.9 Å². The Bertz CT molecular complexity index is 1180. The smallest absolute Gasteiger partial charge is 0.328 e. The summed E-state index contributed by atoms with van der Waals surface area (Å²) in [5.41, 5.74) is 2.84. The third-order valence-corrected chi connectivity index (χ3v) is 5.77. The monoisotopic (exact) mass is 486 g/mol. The second-order valence-electron chi connectivity index (χ2n) is 8.44. The number of hydrogen-bond donors (Lipinski definition) is 2. The van der Waals surface area contributed by atoms with Gasteiger partial charge in [-0.2, -0.15) is 0 Å². The third-order valence-electron chi connectivity index (χ3n) is 5.77. The molecule has 2 atom stereocenters. The second-order valence-corrected chi connectivity index (χ2v) is 8.44. The Kier molecular flexibility index (Phi) is 9.51. The van der Waals surface area contributed by atoms with Gasteiger partial charge in [0.15, 0.2) is 5.78 Å². The van der Waals surface area contributed by atoms with E-state index in [0.29, 0.717) is 11.1 Å². The zero-order chi connectivity index (χ0) is 25.9. The van der Waals surface area contributed by atoms with Gasteiger partial charge in [-0.25, -0.2) is 4.79 Å². The predicted molar refractivity (Wildman–Crippen MR) is 136 cm³/mol. The molecule has 3 rings (SSSR count). The van der Waals surface area contributed by atoms with Gasteiger partial charge < -0.3 is 15.4 Å². The molecule has 0 unspecified atom stereocenters. The number of methoxy groups -OCH3 is 1. The van der Waals surface area contributed by atoms with E-state index in [-0.39, 0.29) is 37.0 Å². The summed E-state index contributed by atoms with van der Waals surface area (Å²) in [4.78, 5) is 49.6. The summed E-state index contributed by atoms with van der Waals surface area (Å²) < 4.78 is 4.85. The van der Waals surface area contributed by atoms with Crippen molar-refractivity contribution in [1.82, 2.24) is 10.6 Å². The first-order chi connectivity index (χ1) is 17.4. The first-order valence-electron chi connectivity index (χ1n) is 11.8. The molecule has 36 heavy (non-hydrogen) atoms. The van der Waals surface area contributed by atoms with Crippen LogP contribution in [0.5, 0.6) is 0 Å². The maximum atomic E-state index is 12.6. The molecule has 0 aliphatic rings. The molecule has 3 aromatic rings. The predicted octanol–water partition coefficient (Wildman–Crippen LogP) is 3.78. The van der Waals surface area contributed by atoms with E-state index in [9.17, 15) is 19.2 Å². The summed E-state index contributed by atoms with van der Waals surface area (Å²) in [6.45, 7) is 1.87. The van der Waals surface area contributed by atoms with Crippen molar-refractivity contribution in [2.75, 3.05) is 7.11 Å². The van der Waals surface area contributed by atoms with Crippen molar-refractivity contribution in [3.8, 4) is 0 Å². The summed E-state index contributed by atoms with van der Waals surface area (Å²) in [6.07, 6.45) is 0.119. The summed E-state index contributed by atoms with van der Waals surface area (Å²) in [6, 6.07) is 24.3. The van der Waals surface area contributed by atoms with Crippen LogP contribution >= 0.6 is 0 Å². The quantitative estimate of drug-likeness (QED) is 0.317. The molecule has 186 valence electrons. The Hall–Kier alpha value is -4.26. The maximum Gasteiger partial charge on any atom is 0.328 e. The van der Waals surface area contributed by atoms with E-state index in [4.69, 9.17) is 4.74 Å². The molecule has 0 fully saturated rings. The zero-order valence-corrected chi connectivity index (χ0v) is 20.4. The van der Waals surface area contributed by atoms with Crippen LogP contribution in [-0.2, 0) is 25.5 Å². The van der Waals surface area contributed by atoms with Crippen LogP contribution in [0.1, 0.15) is 52.9 Å². The Morgan fingerprint density at radius 1 is 0.722 bits per heavy atom. The maximum absolute atomic E-state index is 12.6. The van der Waals surface area contributed by atoms with Crippen LogP contribution in [0, 0.1) is 0 Å². The third kappa shape index (κ3) is 7.63. The molecule has 2 N–H and O–H groups in total. The molecule has 0 heterocycles. The summed E-state index contributed by atoms with van der Waals surface area (Å²) in [5.74, 6) is -1.37. The number of carbonyl (C=O) groups is 4. The summed E-state index contributed by atoms with van der Waals surface area (Å²) in [5, 5.41) is 5.53. The number of nitrogens with one attached hydrogen (secondary N) is 2. The van der Waals surface area contributed by atoms with Crippen LogP contribution in [0.15, 0.2) is 84.9 Å². The van der Waals surface area contributed by atoms with Crippen molar-refractivity contribution in [3.05, 3.63) is 107 Å². The molecular weight excluding hydrogens is 456 g/mol. The minimum absolute atomic E-state index is 0.00675. The molecule has 0 spiro atoms. The fourth-order valence-electron chi connectivity index (χ4n) is 3.75. The van der Waals surface area contributed by atoms with Crippen molar-refractivity contribution >= 4 is 23.6 Å². The minimum Gasteiger partial charge on any atom is -0.467 e. The van der Waals surface area contributed by atoms with Gasteiger partial charge in [0.25, 0.3) is 0 Å². The Morgan fingerprint density at radius 2 is 1.25 bits per heavy atom. The van der Waals surface area contributed by atoms with E-state index in [2.05, 4.69) is 10.6 Å². The number of benzene rings is 3. The standard InChI is InChI=1S/C29H30N2O5/c1-20(22-9-5-3-6-10-22)30-26(32)17-18-27(33)31-25(29(35)36-2)19-21-13-15-24(16-14-21)28(34)23-11-7-4-8-12-23/h3-16,20,25H,17-19H2,1-2H3,(H,30,32)(H,31,33)/t20-,25+/m1/s1. The number of esters is 1. The van der Waals surface area contributed by atoms with E-state index in [1.54, 1.807) is 48.5 Å². The molecule has 3 aromatic carbocycles. The average Bonchev–Trinajstić information content (AvgIpc) is 2.92. The van der Waals surface area contributed by atoms with Gasteiger partial charge in [-0.05, 0) is 18.1 Å². The van der Waals surface area contributed by atoms with E-state index in [1.807, 2.05) is 43.3 Å². The van der Waals surface area contributed by atoms with Gasteiger partial charge in [-0.1, -0.05) is 84.9 Å². The number of rotatable bonds is 11. The lowest BCUT2D eigenvalue weighted by Gasteiger charge is -2.17. The topological polar surface area (TPSA) is 102 Å². The van der Waals surface area contributed by atoms with Gasteiger partial charge in [0.1, 0.15) is 6.04 Å². The molecule has 7 heteroatoms. The number of ketones is 1. The molecule has 2 amide bonds. The Morgan fingerprint density at radius 3 is 1.83 bits per heavy atom. The van der Waals surface area contributed by atoms with Crippen molar-refractivity contribution in [2.45, 2.75) is 38.3 Å². The molecule has 0 saturated heterocycles. The largest absolute Gasteiger partial charge is 0.467 e. The molecule has 0 saturated carbocycles. The van der Waals surface area contributed by atoms with Crippen molar-refractivity contribution in [2.24, 2.45) is 0 Å². The van der Waals surface area contributed by atoms with Gasteiger partial charge in [0.05, 0.1) is 13.2 Å². The summed E-state index contributed by atoms with van der Waals surface area (Å²) >= 11 is 0. The Labute approximate surface area is 210 Å². The van der Waals surface area contributed by atoms with E-state index in [1.165, 1.54) is 7.11 Å². The number of carbonyl (C=O) groups excluding carboxylic acids is 4. The number of hydrogen-bond acceptors (Lipinski definition) is 5. The zero-order valence-electron chi connectivity index (χ0n) is 20.4. The lowest BCUT2D eigenvalue weighted by molar-refractivity contribution is -0.145. The van der Waals surface area contributed by atoms with Gasteiger partial charge in [0.2, 0.25) is 11.8 Å². The molecule has 0 bridgehead atoms. The molecule has 0 radical (unpaired) electrons. The number of amides is 2. The lowest BCUT2D eigenvalue weighted by atomic mass is 9.99. The van der Waals surface area contributed by atoms with Crippen LogP contribution in [0.4, 0.5) is 0 Å². The van der Waals surface area contributed by atoms with Gasteiger partial charge in [0, 0.05) is 30.4 Å². The van der Waals surface area contributed by atoms with Crippen LogP contribution < -0.4 is 10.6 Å². The van der Waals surface area contributed by atoms with Crippen molar-refractivity contribution < 1.29 is 23.9 Å².